The Morgan fingerprint density at radius 1 is 1.26 bits per heavy atom. The molecule has 0 atom stereocenters. The Morgan fingerprint density at radius 3 is 2.63 bits per heavy atom. The first-order chi connectivity index (χ1) is 9.13. The molecule has 0 spiro atoms. The number of nitrogens with zero attached hydrogens (tertiary/aromatic N) is 1. The van der Waals surface area contributed by atoms with E-state index in [0.717, 1.165) is 9.35 Å². The van der Waals surface area contributed by atoms with E-state index < -0.39 is 6.03 Å². The van der Waals surface area contributed by atoms with E-state index in [0.29, 0.717) is 10.0 Å². The van der Waals surface area contributed by atoms with Gasteiger partial charge in [-0.1, -0.05) is 27.5 Å². The van der Waals surface area contributed by atoms with E-state index in [1.165, 1.54) is 17.6 Å². The summed E-state index contributed by atoms with van der Waals surface area (Å²) in [5, 5.41) is 6.48. The van der Waals surface area contributed by atoms with Gasteiger partial charge in [0.1, 0.15) is 0 Å². The maximum Gasteiger partial charge on any atom is 0.339 e. The van der Waals surface area contributed by atoms with Crippen LogP contribution in [-0.4, -0.2) is 12.2 Å². The molecule has 7 heteroatoms. The summed E-state index contributed by atoms with van der Waals surface area (Å²) in [5.74, 6) is 0. The average Bonchev–Trinajstić information content (AvgIpc) is 2.78. The van der Waals surface area contributed by atoms with Gasteiger partial charge in [-0.2, -0.15) is 5.10 Å². The van der Waals surface area contributed by atoms with Crippen molar-refractivity contribution in [2.45, 2.75) is 0 Å². The maximum absolute atomic E-state index is 11.5. The molecule has 0 unspecified atom stereocenters. The molecule has 0 saturated carbocycles. The molecule has 2 aromatic rings. The van der Waals surface area contributed by atoms with Gasteiger partial charge in [-0.3, -0.25) is 0 Å². The number of carbonyl (C=O) groups excluding carboxylic acids is 1. The van der Waals surface area contributed by atoms with E-state index in [4.69, 9.17) is 11.6 Å². The van der Waals surface area contributed by atoms with E-state index in [1.54, 1.807) is 18.2 Å². The van der Waals surface area contributed by atoms with Crippen LogP contribution in [0.15, 0.2) is 46.0 Å². The predicted molar refractivity (Wildman–Crippen MR) is 83.2 cm³/mol. The highest BCUT2D eigenvalue weighted by molar-refractivity contribution is 9.10. The molecule has 1 aromatic heterocycles. The van der Waals surface area contributed by atoms with Crippen molar-refractivity contribution in [3.63, 3.8) is 0 Å². The SMILES string of the molecule is O=C(N/N=C/c1ccc(Cl)s1)Nc1ccc(Br)cc1. The molecule has 2 rings (SSSR count). The molecule has 0 aliphatic heterocycles. The number of thiophene rings is 1. The Morgan fingerprint density at radius 2 is 2.00 bits per heavy atom. The molecular formula is C12H9BrClN3OS. The number of hydrogen-bond acceptors (Lipinski definition) is 3. The van der Waals surface area contributed by atoms with Crippen LogP contribution in [0, 0.1) is 0 Å². The maximum atomic E-state index is 11.5. The summed E-state index contributed by atoms with van der Waals surface area (Å²) < 4.78 is 1.63. The lowest BCUT2D eigenvalue weighted by Crippen LogP contribution is -2.24. The van der Waals surface area contributed by atoms with Crippen molar-refractivity contribution >= 4 is 56.8 Å². The fourth-order valence-corrected chi connectivity index (χ4v) is 2.44. The minimum Gasteiger partial charge on any atom is -0.307 e. The molecule has 0 radical (unpaired) electrons. The van der Waals surface area contributed by atoms with Gasteiger partial charge in [0.2, 0.25) is 0 Å². The normalized spacial score (nSPS) is 10.6. The number of hydrogen-bond donors (Lipinski definition) is 2. The molecule has 98 valence electrons. The largest absolute Gasteiger partial charge is 0.339 e. The Labute approximate surface area is 127 Å². The monoisotopic (exact) mass is 357 g/mol. The summed E-state index contributed by atoms with van der Waals surface area (Å²) >= 11 is 10.5. The lowest BCUT2D eigenvalue weighted by molar-refractivity contribution is 0.252. The van der Waals surface area contributed by atoms with Crippen LogP contribution in [0.4, 0.5) is 10.5 Å². The number of benzene rings is 1. The molecule has 0 aliphatic carbocycles. The highest BCUT2D eigenvalue weighted by Crippen LogP contribution is 2.19. The topological polar surface area (TPSA) is 53.5 Å². The van der Waals surface area contributed by atoms with Gasteiger partial charge in [0.15, 0.2) is 0 Å². The van der Waals surface area contributed by atoms with Crippen molar-refractivity contribution < 1.29 is 4.79 Å². The van der Waals surface area contributed by atoms with Crippen LogP contribution in [0.2, 0.25) is 4.34 Å². The summed E-state index contributed by atoms with van der Waals surface area (Å²) in [6.45, 7) is 0. The van der Waals surface area contributed by atoms with Crippen molar-refractivity contribution in [1.29, 1.82) is 0 Å². The molecule has 2 N–H and O–H groups in total. The smallest absolute Gasteiger partial charge is 0.307 e. The summed E-state index contributed by atoms with van der Waals surface area (Å²) in [4.78, 5) is 12.4. The number of carbonyl (C=O) groups is 1. The van der Waals surface area contributed by atoms with Crippen LogP contribution in [0.5, 0.6) is 0 Å². The number of anilines is 1. The Balaban J connectivity index is 1.84. The van der Waals surface area contributed by atoms with E-state index in [1.807, 2.05) is 18.2 Å². The van der Waals surface area contributed by atoms with Gasteiger partial charge in [-0.05, 0) is 36.4 Å². The van der Waals surface area contributed by atoms with Gasteiger partial charge in [0.05, 0.1) is 10.6 Å². The van der Waals surface area contributed by atoms with Gasteiger partial charge < -0.3 is 5.32 Å². The summed E-state index contributed by atoms with van der Waals surface area (Å²) in [6, 6.07) is 10.4. The highest BCUT2D eigenvalue weighted by atomic mass is 79.9. The van der Waals surface area contributed by atoms with Crippen LogP contribution in [0.3, 0.4) is 0 Å². The minimum absolute atomic E-state index is 0.402. The van der Waals surface area contributed by atoms with E-state index in [-0.39, 0.29) is 0 Å². The van der Waals surface area contributed by atoms with E-state index in [2.05, 4.69) is 31.8 Å². The second-order valence-electron chi connectivity index (χ2n) is 3.47. The number of nitrogens with one attached hydrogen (secondary N) is 2. The lowest BCUT2D eigenvalue weighted by atomic mass is 10.3. The molecule has 0 fully saturated rings. The second kappa shape index (κ2) is 6.70. The first-order valence-electron chi connectivity index (χ1n) is 5.24. The summed E-state index contributed by atoms with van der Waals surface area (Å²) in [6.07, 6.45) is 1.54. The predicted octanol–water partition coefficient (Wildman–Crippen LogP) is 4.32. The lowest BCUT2D eigenvalue weighted by Gasteiger charge is -2.03. The Kier molecular flexibility index (Phi) is 4.95. The van der Waals surface area contributed by atoms with Gasteiger partial charge >= 0.3 is 6.03 Å². The van der Waals surface area contributed by atoms with Crippen molar-refractivity contribution in [2.75, 3.05) is 5.32 Å². The zero-order chi connectivity index (χ0) is 13.7. The standard InChI is InChI=1S/C12H9BrClN3OS/c13-8-1-3-9(4-2-8)16-12(18)17-15-7-10-5-6-11(14)19-10/h1-7H,(H2,16,17,18)/b15-7+. The minimum atomic E-state index is -0.402. The average molecular weight is 359 g/mol. The van der Waals surface area contributed by atoms with E-state index in [9.17, 15) is 4.79 Å². The molecule has 2 amide bonds. The summed E-state index contributed by atoms with van der Waals surface area (Å²) in [5.41, 5.74) is 3.06. The fourth-order valence-electron chi connectivity index (χ4n) is 1.24. The zero-order valence-electron chi connectivity index (χ0n) is 9.56. The molecule has 0 aliphatic rings. The number of amides is 2. The second-order valence-corrected chi connectivity index (χ2v) is 6.14. The molecular weight excluding hydrogens is 350 g/mol. The van der Waals surface area contributed by atoms with Gasteiger partial charge in [0, 0.05) is 15.0 Å². The third-order valence-corrected chi connectivity index (χ3v) is 3.75. The molecule has 1 aromatic carbocycles. The van der Waals surface area contributed by atoms with Crippen LogP contribution in [0.25, 0.3) is 0 Å². The van der Waals surface area contributed by atoms with Crippen molar-refractivity contribution in [3.05, 3.63) is 50.1 Å². The van der Waals surface area contributed by atoms with E-state index >= 15 is 0 Å². The van der Waals surface area contributed by atoms with Crippen LogP contribution in [-0.2, 0) is 0 Å². The van der Waals surface area contributed by atoms with Crippen LogP contribution in [0.1, 0.15) is 4.88 Å². The number of hydrazone groups is 1. The molecule has 4 nitrogen and oxygen atoms in total. The fraction of sp³-hybridized carbons (Fsp3) is 0. The first-order valence-corrected chi connectivity index (χ1v) is 7.23. The van der Waals surface area contributed by atoms with Gasteiger partial charge in [0.25, 0.3) is 0 Å². The molecule has 1 heterocycles. The Bertz CT molecular complexity index is 597. The Hall–Kier alpha value is -1.37. The highest BCUT2D eigenvalue weighted by Gasteiger charge is 1.99. The number of halogens is 2. The van der Waals surface area contributed by atoms with Crippen LogP contribution >= 0.6 is 38.9 Å². The van der Waals surface area contributed by atoms with Gasteiger partial charge in [-0.15, -0.1) is 11.3 Å². The molecule has 19 heavy (non-hydrogen) atoms. The molecule has 0 saturated heterocycles. The molecule has 0 bridgehead atoms. The quantitative estimate of drug-likeness (QED) is 0.623. The van der Waals surface area contributed by atoms with Crippen LogP contribution < -0.4 is 10.7 Å². The number of urea groups is 1. The van der Waals surface area contributed by atoms with Crippen molar-refractivity contribution in [1.82, 2.24) is 5.43 Å². The first kappa shape index (κ1) is 14.0. The summed E-state index contributed by atoms with van der Waals surface area (Å²) in [7, 11) is 0. The number of rotatable bonds is 3. The third-order valence-electron chi connectivity index (χ3n) is 2.05. The van der Waals surface area contributed by atoms with Crippen molar-refractivity contribution in [3.8, 4) is 0 Å². The van der Waals surface area contributed by atoms with Gasteiger partial charge in [-0.25, -0.2) is 10.2 Å². The third kappa shape index (κ3) is 4.66. The van der Waals surface area contributed by atoms with Crippen molar-refractivity contribution in [2.24, 2.45) is 5.10 Å². The zero-order valence-corrected chi connectivity index (χ0v) is 12.7.